The molecular formula is C10H13NO3. The van der Waals surface area contributed by atoms with Crippen LogP contribution in [0, 0.1) is 10.1 Å². The molecule has 1 rings (SSSR count). The lowest BCUT2D eigenvalue weighted by Gasteiger charge is -2.05. The molecule has 0 aliphatic rings. The lowest BCUT2D eigenvalue weighted by molar-refractivity contribution is -0.490. The Labute approximate surface area is 82.3 Å². The van der Waals surface area contributed by atoms with E-state index < -0.39 is 11.0 Å². The molecule has 1 aromatic rings. The van der Waals surface area contributed by atoms with E-state index in [1.165, 1.54) is 0 Å². The van der Waals surface area contributed by atoms with E-state index in [-0.39, 0.29) is 6.54 Å². The summed E-state index contributed by atoms with van der Waals surface area (Å²) in [5.74, 6) is 0. The number of hydrogen-bond acceptors (Lipinski definition) is 3. The number of rotatable bonds is 5. The Morgan fingerprint density at radius 3 is 2.57 bits per heavy atom. The smallest absolute Gasteiger partial charge is 0.229 e. The maximum atomic E-state index is 10.1. The molecule has 4 nitrogen and oxygen atoms in total. The first-order valence-corrected chi connectivity index (χ1v) is 4.52. The number of benzene rings is 1. The second kappa shape index (κ2) is 5.34. The van der Waals surface area contributed by atoms with Gasteiger partial charge in [0.2, 0.25) is 6.54 Å². The lowest BCUT2D eigenvalue weighted by Crippen LogP contribution is -2.19. The predicted octanol–water partition coefficient (Wildman–Crippen LogP) is 1.26. The van der Waals surface area contributed by atoms with Crippen molar-refractivity contribution < 1.29 is 10.0 Å². The Balaban J connectivity index is 2.30. The molecule has 1 aromatic carbocycles. The average Bonchev–Trinajstić information content (AvgIpc) is 2.15. The summed E-state index contributed by atoms with van der Waals surface area (Å²) in [6.45, 7) is -0.368. The number of aliphatic hydroxyl groups excluding tert-OH is 1. The molecule has 76 valence electrons. The average molecular weight is 194 g/mol. The Morgan fingerprint density at radius 1 is 1.36 bits per heavy atom. The van der Waals surface area contributed by atoms with Crippen molar-refractivity contribution in [2.24, 2.45) is 0 Å². The number of nitrogens with zero attached hydrogens (tertiary/aromatic N) is 1. The minimum atomic E-state index is -0.842. The van der Waals surface area contributed by atoms with Crippen LogP contribution < -0.4 is 0 Å². The third kappa shape index (κ3) is 4.00. The number of nitro groups is 1. The van der Waals surface area contributed by atoms with E-state index >= 15 is 0 Å². The van der Waals surface area contributed by atoms with Gasteiger partial charge in [0.15, 0.2) is 0 Å². The first-order chi connectivity index (χ1) is 6.68. The van der Waals surface area contributed by atoms with Crippen LogP contribution in [0.3, 0.4) is 0 Å². The molecule has 0 saturated carbocycles. The van der Waals surface area contributed by atoms with E-state index in [4.69, 9.17) is 0 Å². The van der Waals surface area contributed by atoms with E-state index in [0.717, 1.165) is 5.56 Å². The van der Waals surface area contributed by atoms with Gasteiger partial charge in [0.05, 0.1) is 0 Å². The van der Waals surface area contributed by atoms with Crippen molar-refractivity contribution in [3.05, 3.63) is 46.0 Å². The SMILES string of the molecule is O=[N+]([O-])[11CH2][C@H](O)CCc1ccccc1. The summed E-state index contributed by atoms with van der Waals surface area (Å²) in [5, 5.41) is 19.3. The standard InChI is InChI=1S/C10H13NO3/c12-10(8-11(13)14)7-6-9-4-2-1-3-5-9/h1-5,10,12H,6-8H2/t10-/m1/s1/i8-1. The van der Waals surface area contributed by atoms with Gasteiger partial charge in [-0.3, -0.25) is 10.1 Å². The van der Waals surface area contributed by atoms with Gasteiger partial charge < -0.3 is 5.11 Å². The third-order valence-electron chi connectivity index (χ3n) is 1.97. The minimum absolute atomic E-state index is 0.368. The van der Waals surface area contributed by atoms with Gasteiger partial charge >= 0.3 is 0 Å². The second-order valence-electron chi connectivity index (χ2n) is 3.19. The summed E-state index contributed by atoms with van der Waals surface area (Å²) in [6.07, 6.45) is 0.270. The number of aliphatic hydroxyl groups is 1. The van der Waals surface area contributed by atoms with Gasteiger partial charge in [-0.25, -0.2) is 0 Å². The fraction of sp³-hybridized carbons (Fsp3) is 0.400. The zero-order chi connectivity index (χ0) is 10.4. The highest BCUT2D eigenvalue weighted by atomic mass is 16.6. The number of hydrogen-bond donors (Lipinski definition) is 1. The summed E-state index contributed by atoms with van der Waals surface area (Å²) >= 11 is 0. The van der Waals surface area contributed by atoms with E-state index in [1.807, 2.05) is 30.3 Å². The van der Waals surface area contributed by atoms with Gasteiger partial charge in [0, 0.05) is 4.92 Å². The normalized spacial score (nSPS) is 12.4. The minimum Gasteiger partial charge on any atom is -0.386 e. The van der Waals surface area contributed by atoms with Gasteiger partial charge in [0.1, 0.15) is 6.10 Å². The molecule has 0 spiro atoms. The van der Waals surface area contributed by atoms with Crippen molar-refractivity contribution in [3.8, 4) is 0 Å². The molecule has 0 heterocycles. The van der Waals surface area contributed by atoms with Gasteiger partial charge in [-0.05, 0) is 18.4 Å². The van der Waals surface area contributed by atoms with Crippen LogP contribution in [-0.4, -0.2) is 22.7 Å². The van der Waals surface area contributed by atoms with E-state index in [9.17, 15) is 15.2 Å². The van der Waals surface area contributed by atoms with Crippen LogP contribution in [0.25, 0.3) is 0 Å². The quantitative estimate of drug-likeness (QED) is 0.567. The van der Waals surface area contributed by atoms with Crippen LogP contribution in [0.2, 0.25) is 0 Å². The van der Waals surface area contributed by atoms with Crippen LogP contribution >= 0.6 is 0 Å². The van der Waals surface area contributed by atoms with E-state index in [1.54, 1.807) is 0 Å². The molecule has 1 N–H and O–H groups in total. The van der Waals surface area contributed by atoms with Crippen LogP contribution in [0.4, 0.5) is 0 Å². The molecule has 0 aromatic heterocycles. The van der Waals surface area contributed by atoms with Gasteiger partial charge in [0.25, 0.3) is 0 Å². The first kappa shape index (κ1) is 10.7. The Hall–Kier alpha value is -1.42. The van der Waals surface area contributed by atoms with Crippen molar-refractivity contribution >= 4 is 0 Å². The van der Waals surface area contributed by atoms with Gasteiger partial charge in [-0.15, -0.1) is 0 Å². The Bertz CT molecular complexity index is 287. The molecule has 0 radical (unpaired) electrons. The summed E-state index contributed by atoms with van der Waals surface area (Å²) in [7, 11) is 0. The summed E-state index contributed by atoms with van der Waals surface area (Å²) in [6, 6.07) is 9.62. The maximum absolute atomic E-state index is 10.1. The van der Waals surface area contributed by atoms with Gasteiger partial charge in [-0.2, -0.15) is 0 Å². The van der Waals surface area contributed by atoms with Crippen molar-refractivity contribution in [1.82, 2.24) is 0 Å². The molecule has 4 heteroatoms. The third-order valence-corrected chi connectivity index (χ3v) is 1.97. The molecule has 0 bridgehead atoms. The summed E-state index contributed by atoms with van der Waals surface area (Å²) in [5.41, 5.74) is 1.09. The second-order valence-corrected chi connectivity index (χ2v) is 3.19. The number of aryl methyl sites for hydroxylation is 1. The highest BCUT2D eigenvalue weighted by Crippen LogP contribution is 2.04. The molecule has 0 aliphatic carbocycles. The molecule has 0 amide bonds. The van der Waals surface area contributed by atoms with Crippen LogP contribution in [0.5, 0.6) is 0 Å². The summed E-state index contributed by atoms with van der Waals surface area (Å²) in [4.78, 5) is 9.58. The first-order valence-electron chi connectivity index (χ1n) is 4.52. The van der Waals surface area contributed by atoms with Crippen molar-refractivity contribution in [3.63, 3.8) is 0 Å². The molecule has 0 saturated heterocycles. The molecule has 0 fully saturated rings. The highest BCUT2D eigenvalue weighted by Gasteiger charge is 2.10. The Morgan fingerprint density at radius 2 is 2.00 bits per heavy atom. The largest absolute Gasteiger partial charge is 0.386 e. The van der Waals surface area contributed by atoms with Gasteiger partial charge in [-0.1, -0.05) is 30.3 Å². The van der Waals surface area contributed by atoms with Crippen molar-refractivity contribution in [2.45, 2.75) is 18.9 Å². The van der Waals surface area contributed by atoms with Crippen LogP contribution in [-0.2, 0) is 6.42 Å². The zero-order valence-electron chi connectivity index (χ0n) is 7.80. The van der Waals surface area contributed by atoms with Crippen LogP contribution in [0.1, 0.15) is 12.0 Å². The molecule has 14 heavy (non-hydrogen) atoms. The predicted molar refractivity (Wildman–Crippen MR) is 52.6 cm³/mol. The fourth-order valence-corrected chi connectivity index (χ4v) is 1.24. The molecule has 0 aliphatic heterocycles. The maximum Gasteiger partial charge on any atom is 0.229 e. The monoisotopic (exact) mass is 194 g/mol. The van der Waals surface area contributed by atoms with E-state index in [0.29, 0.717) is 12.8 Å². The molecule has 0 unspecified atom stereocenters. The van der Waals surface area contributed by atoms with Crippen LogP contribution in [0.15, 0.2) is 30.3 Å². The van der Waals surface area contributed by atoms with Crippen molar-refractivity contribution in [1.29, 1.82) is 0 Å². The topological polar surface area (TPSA) is 63.4 Å². The Kier molecular flexibility index (Phi) is 4.07. The highest BCUT2D eigenvalue weighted by molar-refractivity contribution is 5.14. The lowest BCUT2D eigenvalue weighted by atomic mass is 9.91. The molecular weight excluding hydrogens is 181 g/mol. The van der Waals surface area contributed by atoms with E-state index in [2.05, 4.69) is 0 Å². The zero-order valence-corrected chi connectivity index (χ0v) is 7.80. The molecule has 1 atom stereocenters. The van der Waals surface area contributed by atoms with Crippen molar-refractivity contribution in [2.75, 3.05) is 6.54 Å². The fourth-order valence-electron chi connectivity index (χ4n) is 1.24. The summed E-state index contributed by atoms with van der Waals surface area (Å²) < 4.78 is 0.